The number of nitrogens with zero attached hydrogens (tertiary/aromatic N) is 5. The topological polar surface area (TPSA) is 89.9 Å². The van der Waals surface area contributed by atoms with Gasteiger partial charge in [0.1, 0.15) is 6.04 Å². The highest BCUT2D eigenvalue weighted by atomic mass is 32.1. The van der Waals surface area contributed by atoms with Gasteiger partial charge >= 0.3 is 0 Å². The highest BCUT2D eigenvalue weighted by Crippen LogP contribution is 2.32. The van der Waals surface area contributed by atoms with Gasteiger partial charge in [-0.2, -0.15) is 16.4 Å². The van der Waals surface area contributed by atoms with Crippen molar-refractivity contribution in [3.63, 3.8) is 0 Å². The van der Waals surface area contributed by atoms with Crippen molar-refractivity contribution in [3.05, 3.63) is 46.5 Å². The average Bonchev–Trinajstić information content (AvgIpc) is 3.24. The third kappa shape index (κ3) is 2.35. The zero-order valence-electron chi connectivity index (χ0n) is 13.1. The maximum absolute atomic E-state index is 12.1. The van der Waals surface area contributed by atoms with Gasteiger partial charge in [-0.15, -0.1) is 0 Å². The van der Waals surface area contributed by atoms with Crippen molar-refractivity contribution in [2.24, 2.45) is 12.8 Å². The van der Waals surface area contributed by atoms with E-state index in [0.717, 1.165) is 28.9 Å². The minimum Gasteiger partial charge on any atom is -0.368 e. The maximum Gasteiger partial charge on any atom is 0.245 e. The predicted octanol–water partition coefficient (Wildman–Crippen LogP) is 1.53. The van der Waals surface area contributed by atoms with Crippen molar-refractivity contribution in [2.75, 3.05) is 11.4 Å². The Hall–Kier alpha value is -2.74. The van der Waals surface area contributed by atoms with E-state index in [1.165, 1.54) is 0 Å². The first-order valence-corrected chi connectivity index (χ1v) is 8.52. The van der Waals surface area contributed by atoms with E-state index in [9.17, 15) is 4.79 Å². The molecular weight excluding hydrogens is 324 g/mol. The van der Waals surface area contributed by atoms with Crippen LogP contribution in [0.1, 0.15) is 17.3 Å². The summed E-state index contributed by atoms with van der Waals surface area (Å²) in [5.74, 6) is 0.0884. The first-order chi connectivity index (χ1) is 11.6. The molecule has 4 heterocycles. The molecule has 1 amide bonds. The lowest BCUT2D eigenvalue weighted by atomic mass is 9.99. The summed E-state index contributed by atoms with van der Waals surface area (Å²) < 4.78 is 1.80. The molecule has 1 aliphatic rings. The zero-order valence-corrected chi connectivity index (χ0v) is 13.9. The van der Waals surface area contributed by atoms with Gasteiger partial charge in [0.05, 0.1) is 11.9 Å². The smallest absolute Gasteiger partial charge is 0.245 e. The number of aromatic nitrogens is 4. The number of amides is 1. The second-order valence-electron chi connectivity index (χ2n) is 5.67. The number of hydrogen-bond acceptors (Lipinski definition) is 6. The summed E-state index contributed by atoms with van der Waals surface area (Å²) in [6.45, 7) is 0.618. The van der Waals surface area contributed by atoms with Crippen LogP contribution in [0.25, 0.3) is 11.3 Å². The molecule has 0 saturated heterocycles. The monoisotopic (exact) mass is 340 g/mol. The summed E-state index contributed by atoms with van der Waals surface area (Å²) in [6.07, 6.45) is 4.19. The van der Waals surface area contributed by atoms with Gasteiger partial charge in [-0.1, -0.05) is 0 Å². The number of carbonyl (C=O) groups excluding carboxylic acids is 1. The molecule has 4 rings (SSSR count). The van der Waals surface area contributed by atoms with Gasteiger partial charge in [-0.25, -0.2) is 9.97 Å². The van der Waals surface area contributed by atoms with E-state index < -0.39 is 11.9 Å². The van der Waals surface area contributed by atoms with Crippen LogP contribution in [0, 0.1) is 0 Å². The van der Waals surface area contributed by atoms with E-state index in [2.05, 4.69) is 15.1 Å². The summed E-state index contributed by atoms with van der Waals surface area (Å²) in [6, 6.07) is 3.28. The lowest BCUT2D eigenvalue weighted by molar-refractivity contribution is -0.119. The molecule has 0 spiro atoms. The molecule has 0 bridgehead atoms. The van der Waals surface area contributed by atoms with Crippen molar-refractivity contribution in [3.8, 4) is 11.3 Å². The molecule has 0 saturated carbocycles. The van der Waals surface area contributed by atoms with Crippen LogP contribution in [0.15, 0.2) is 35.3 Å². The van der Waals surface area contributed by atoms with Gasteiger partial charge < -0.3 is 10.6 Å². The van der Waals surface area contributed by atoms with Crippen molar-refractivity contribution in [2.45, 2.75) is 12.5 Å². The molecule has 0 aromatic carbocycles. The molecule has 1 atom stereocenters. The van der Waals surface area contributed by atoms with E-state index in [0.29, 0.717) is 12.5 Å². The van der Waals surface area contributed by atoms with Gasteiger partial charge in [-0.05, 0) is 17.5 Å². The number of hydrogen-bond donors (Lipinski definition) is 1. The Morgan fingerprint density at radius 2 is 2.29 bits per heavy atom. The number of fused-ring (bicyclic) bond motifs is 1. The standard InChI is InChI=1S/C16H16N6OS/c1-21-13-3-6-22(14(15(17)23)11(13)8-19-21)16-18-5-2-12(20-16)10-4-7-24-9-10/h2,4-5,7-9,14H,3,6H2,1H3,(H2,17,23). The van der Waals surface area contributed by atoms with Gasteiger partial charge in [0.2, 0.25) is 11.9 Å². The SMILES string of the molecule is Cn1ncc2c1CCN(c1nccc(-c3ccsc3)n1)C2C(N)=O. The Balaban J connectivity index is 1.76. The molecule has 122 valence electrons. The third-order valence-corrected chi connectivity index (χ3v) is 4.96. The molecule has 0 aliphatic carbocycles. The van der Waals surface area contributed by atoms with Gasteiger partial charge in [0, 0.05) is 48.4 Å². The molecule has 8 heteroatoms. The lowest BCUT2D eigenvalue weighted by Gasteiger charge is -2.33. The predicted molar refractivity (Wildman–Crippen MR) is 91.5 cm³/mol. The number of thiophene rings is 1. The second kappa shape index (κ2) is 5.72. The molecule has 3 aromatic rings. The fourth-order valence-electron chi connectivity index (χ4n) is 3.12. The minimum absolute atomic E-state index is 0.423. The fraction of sp³-hybridized carbons (Fsp3) is 0.250. The Morgan fingerprint density at radius 3 is 3.04 bits per heavy atom. The van der Waals surface area contributed by atoms with Crippen molar-refractivity contribution in [1.29, 1.82) is 0 Å². The first kappa shape index (κ1) is 14.8. The number of carbonyl (C=O) groups is 1. The third-order valence-electron chi connectivity index (χ3n) is 4.28. The molecule has 0 radical (unpaired) electrons. The van der Waals surface area contributed by atoms with Crippen LogP contribution in [0.3, 0.4) is 0 Å². The molecular formula is C16H16N6OS. The van der Waals surface area contributed by atoms with Crippen molar-refractivity contribution in [1.82, 2.24) is 19.7 Å². The number of anilines is 1. The van der Waals surface area contributed by atoms with E-state index in [-0.39, 0.29) is 0 Å². The molecule has 2 N–H and O–H groups in total. The molecule has 7 nitrogen and oxygen atoms in total. The Kier molecular flexibility index (Phi) is 3.53. The lowest BCUT2D eigenvalue weighted by Crippen LogP contribution is -2.43. The summed E-state index contributed by atoms with van der Waals surface area (Å²) in [5, 5.41) is 8.30. The van der Waals surface area contributed by atoms with Crippen LogP contribution in [-0.4, -0.2) is 32.2 Å². The van der Waals surface area contributed by atoms with Crippen LogP contribution in [0.2, 0.25) is 0 Å². The zero-order chi connectivity index (χ0) is 16.7. The van der Waals surface area contributed by atoms with Crippen molar-refractivity contribution < 1.29 is 4.79 Å². The summed E-state index contributed by atoms with van der Waals surface area (Å²) in [4.78, 5) is 23.0. The first-order valence-electron chi connectivity index (χ1n) is 7.57. The van der Waals surface area contributed by atoms with E-state index in [1.54, 1.807) is 28.4 Å². The number of aryl methyl sites for hydroxylation is 1. The van der Waals surface area contributed by atoms with Crippen LogP contribution >= 0.6 is 11.3 Å². The number of rotatable bonds is 3. The molecule has 0 fully saturated rings. The summed E-state index contributed by atoms with van der Waals surface area (Å²) >= 11 is 1.62. The van der Waals surface area contributed by atoms with Crippen LogP contribution < -0.4 is 10.6 Å². The van der Waals surface area contributed by atoms with Crippen molar-refractivity contribution >= 4 is 23.2 Å². The normalized spacial score (nSPS) is 16.9. The summed E-state index contributed by atoms with van der Waals surface area (Å²) in [5.41, 5.74) is 9.42. The number of primary amides is 1. The Bertz CT molecular complexity index is 888. The van der Waals surface area contributed by atoms with Crippen LogP contribution in [0.5, 0.6) is 0 Å². The molecule has 24 heavy (non-hydrogen) atoms. The van der Waals surface area contributed by atoms with E-state index >= 15 is 0 Å². The van der Waals surface area contributed by atoms with Gasteiger partial charge in [0.15, 0.2) is 0 Å². The largest absolute Gasteiger partial charge is 0.368 e. The number of nitrogens with two attached hydrogens (primary N) is 1. The van der Waals surface area contributed by atoms with Gasteiger partial charge in [-0.3, -0.25) is 9.48 Å². The molecule has 3 aromatic heterocycles. The molecule has 1 aliphatic heterocycles. The Morgan fingerprint density at radius 1 is 1.42 bits per heavy atom. The van der Waals surface area contributed by atoms with Gasteiger partial charge in [0.25, 0.3) is 0 Å². The fourth-order valence-corrected chi connectivity index (χ4v) is 3.77. The summed E-state index contributed by atoms with van der Waals surface area (Å²) in [7, 11) is 1.88. The average molecular weight is 340 g/mol. The quantitative estimate of drug-likeness (QED) is 0.781. The highest BCUT2D eigenvalue weighted by molar-refractivity contribution is 7.08. The van der Waals surface area contributed by atoms with Crippen LogP contribution in [-0.2, 0) is 18.3 Å². The Labute approximate surface area is 142 Å². The van der Waals surface area contributed by atoms with Crippen LogP contribution in [0.4, 0.5) is 5.95 Å². The highest BCUT2D eigenvalue weighted by Gasteiger charge is 2.35. The van der Waals surface area contributed by atoms with E-state index in [1.807, 2.05) is 34.8 Å². The second-order valence-corrected chi connectivity index (χ2v) is 6.45. The molecule has 1 unspecified atom stereocenters. The van der Waals surface area contributed by atoms with E-state index in [4.69, 9.17) is 5.73 Å². The minimum atomic E-state index is -0.597. The maximum atomic E-state index is 12.1.